The Morgan fingerprint density at radius 3 is 3.12 bits per heavy atom. The molecule has 2 rings (SSSR count). The molecule has 1 aromatic heterocycles. The van der Waals surface area contributed by atoms with E-state index in [9.17, 15) is 13.2 Å². The molecule has 8 heteroatoms. The number of nitrogens with zero attached hydrogens (tertiary/aromatic N) is 2. The average molecular weight is 259 g/mol. The largest absolute Gasteiger partial charge is 0.379 e. The van der Waals surface area contributed by atoms with Crippen molar-refractivity contribution < 1.29 is 13.2 Å². The Balaban J connectivity index is 2.03. The zero-order chi connectivity index (χ0) is 12.3. The van der Waals surface area contributed by atoms with E-state index in [0.29, 0.717) is 0 Å². The highest BCUT2D eigenvalue weighted by atomic mass is 32.2. The highest BCUT2D eigenvalue weighted by Gasteiger charge is 2.29. The molecule has 1 atom stereocenters. The Kier molecular flexibility index (Phi) is 3.43. The van der Waals surface area contributed by atoms with Gasteiger partial charge in [-0.3, -0.25) is 4.79 Å². The summed E-state index contributed by atoms with van der Waals surface area (Å²) in [7, 11) is -3.14. The van der Waals surface area contributed by atoms with Gasteiger partial charge in [-0.1, -0.05) is 0 Å². The summed E-state index contributed by atoms with van der Waals surface area (Å²) in [6.07, 6.45) is 1.44. The van der Waals surface area contributed by atoms with Gasteiger partial charge >= 0.3 is 0 Å². The van der Waals surface area contributed by atoms with E-state index >= 15 is 0 Å². The van der Waals surface area contributed by atoms with Crippen molar-refractivity contribution in [1.29, 1.82) is 0 Å². The minimum absolute atomic E-state index is 0.0243. The molecule has 0 spiro atoms. The lowest BCUT2D eigenvalue weighted by Gasteiger charge is -2.23. The van der Waals surface area contributed by atoms with Crippen LogP contribution in [0.2, 0.25) is 0 Å². The van der Waals surface area contributed by atoms with Crippen LogP contribution in [0.1, 0.15) is 0 Å². The van der Waals surface area contributed by atoms with Crippen molar-refractivity contribution in [2.75, 3.05) is 30.9 Å². The maximum Gasteiger partial charge on any atom is 0.285 e. The molecule has 7 nitrogen and oxygen atoms in total. The fraction of sp³-hybridized carbons (Fsp3) is 0.556. The quantitative estimate of drug-likeness (QED) is 0.718. The molecular formula is C9H13N3O4S. The third-order valence-corrected chi connectivity index (χ3v) is 4.56. The third kappa shape index (κ3) is 2.83. The van der Waals surface area contributed by atoms with E-state index in [1.54, 1.807) is 0 Å². The van der Waals surface area contributed by atoms with Gasteiger partial charge in [0, 0.05) is 12.3 Å². The maximum atomic E-state index is 11.7. The summed E-state index contributed by atoms with van der Waals surface area (Å²) in [5.41, 5.74) is 2.34. The monoisotopic (exact) mass is 259 g/mol. The van der Waals surface area contributed by atoms with Gasteiger partial charge in [0.25, 0.3) is 5.56 Å². The lowest BCUT2D eigenvalue weighted by molar-refractivity contribution is 0.139. The summed E-state index contributed by atoms with van der Waals surface area (Å²) in [6, 6.07) is 2.85. The van der Waals surface area contributed by atoms with Gasteiger partial charge in [0.1, 0.15) is 5.25 Å². The molecule has 0 aromatic carbocycles. The molecule has 1 N–H and O–H groups in total. The van der Waals surface area contributed by atoms with Crippen LogP contribution in [0.15, 0.2) is 23.1 Å². The van der Waals surface area contributed by atoms with Crippen LogP contribution in [-0.2, 0) is 14.6 Å². The van der Waals surface area contributed by atoms with Crippen LogP contribution in [0, 0.1) is 0 Å². The smallest absolute Gasteiger partial charge is 0.285 e. The van der Waals surface area contributed by atoms with E-state index in [0.717, 1.165) is 4.79 Å². The first-order valence-electron chi connectivity index (χ1n) is 5.17. The molecule has 1 aliphatic heterocycles. The number of hydrogen-bond donors (Lipinski definition) is 1. The van der Waals surface area contributed by atoms with Crippen LogP contribution in [0.4, 0.5) is 0 Å². The first-order valence-corrected chi connectivity index (χ1v) is 6.89. The number of ether oxygens (including phenoxy) is 1. The second-order valence-corrected chi connectivity index (χ2v) is 6.10. The van der Waals surface area contributed by atoms with Crippen LogP contribution in [0.5, 0.6) is 0 Å². The topological polar surface area (TPSA) is 90.3 Å². The Bertz CT molecular complexity index is 539. The number of nitrogens with one attached hydrogen (secondary N) is 1. The molecule has 1 aromatic rings. The van der Waals surface area contributed by atoms with Gasteiger partial charge < -0.3 is 10.2 Å². The molecule has 2 heterocycles. The summed E-state index contributed by atoms with van der Waals surface area (Å²) >= 11 is 0. The molecule has 1 aliphatic rings. The predicted molar refractivity (Wildman–Crippen MR) is 61.1 cm³/mol. The SMILES string of the molecule is O=c1cccnn1NCC1COCCS1(=O)=O. The van der Waals surface area contributed by atoms with Crippen molar-refractivity contribution >= 4 is 9.84 Å². The van der Waals surface area contributed by atoms with E-state index in [2.05, 4.69) is 10.5 Å². The molecule has 1 unspecified atom stereocenters. The van der Waals surface area contributed by atoms with Crippen molar-refractivity contribution in [2.24, 2.45) is 0 Å². The predicted octanol–water partition coefficient (Wildman–Crippen LogP) is -1.40. The molecular weight excluding hydrogens is 246 g/mol. The Morgan fingerprint density at radius 2 is 2.41 bits per heavy atom. The normalized spacial score (nSPS) is 23.2. The van der Waals surface area contributed by atoms with Crippen LogP contribution in [0.3, 0.4) is 0 Å². The Hall–Kier alpha value is -1.41. The summed E-state index contributed by atoms with van der Waals surface area (Å²) in [5.74, 6) is 0.0243. The average Bonchev–Trinajstić information content (AvgIpc) is 2.29. The third-order valence-electron chi connectivity index (χ3n) is 2.51. The zero-order valence-electron chi connectivity index (χ0n) is 9.07. The van der Waals surface area contributed by atoms with Crippen LogP contribution < -0.4 is 11.0 Å². The number of sulfone groups is 1. The molecule has 1 saturated heterocycles. The summed E-state index contributed by atoms with van der Waals surface area (Å²) in [5, 5.41) is 3.13. The number of hydrogen-bond acceptors (Lipinski definition) is 6. The molecule has 17 heavy (non-hydrogen) atoms. The van der Waals surface area contributed by atoms with Crippen molar-refractivity contribution in [1.82, 2.24) is 9.89 Å². The minimum Gasteiger partial charge on any atom is -0.379 e. The van der Waals surface area contributed by atoms with Crippen LogP contribution in [-0.4, -0.2) is 49.1 Å². The molecule has 0 aliphatic carbocycles. The van der Waals surface area contributed by atoms with Gasteiger partial charge in [0.15, 0.2) is 9.84 Å². The van der Waals surface area contributed by atoms with Crippen molar-refractivity contribution in [3.8, 4) is 0 Å². The van der Waals surface area contributed by atoms with Gasteiger partial charge in [0.05, 0.1) is 25.5 Å². The van der Waals surface area contributed by atoms with Crippen molar-refractivity contribution in [3.05, 3.63) is 28.7 Å². The summed E-state index contributed by atoms with van der Waals surface area (Å²) in [6.45, 7) is 0.499. The highest BCUT2D eigenvalue weighted by molar-refractivity contribution is 7.92. The molecule has 1 fully saturated rings. The highest BCUT2D eigenvalue weighted by Crippen LogP contribution is 2.08. The lowest BCUT2D eigenvalue weighted by atomic mass is 10.4. The second-order valence-electron chi connectivity index (χ2n) is 3.70. The lowest BCUT2D eigenvalue weighted by Crippen LogP contribution is -2.44. The Labute approximate surface area is 98.3 Å². The van der Waals surface area contributed by atoms with Gasteiger partial charge in [-0.15, -0.1) is 4.79 Å². The molecule has 0 saturated carbocycles. The maximum absolute atomic E-state index is 11.7. The van der Waals surface area contributed by atoms with E-state index in [-0.39, 0.29) is 31.1 Å². The fourth-order valence-electron chi connectivity index (χ4n) is 1.51. The Morgan fingerprint density at radius 1 is 1.59 bits per heavy atom. The molecule has 0 radical (unpaired) electrons. The van der Waals surface area contributed by atoms with E-state index in [1.165, 1.54) is 18.3 Å². The number of rotatable bonds is 3. The molecule has 0 amide bonds. The zero-order valence-corrected chi connectivity index (χ0v) is 9.89. The van der Waals surface area contributed by atoms with Crippen molar-refractivity contribution in [3.63, 3.8) is 0 Å². The molecule has 0 bridgehead atoms. The van der Waals surface area contributed by atoms with Gasteiger partial charge in [0.2, 0.25) is 0 Å². The van der Waals surface area contributed by atoms with Crippen LogP contribution in [0.25, 0.3) is 0 Å². The van der Waals surface area contributed by atoms with E-state index in [4.69, 9.17) is 4.74 Å². The van der Waals surface area contributed by atoms with E-state index in [1.807, 2.05) is 0 Å². The van der Waals surface area contributed by atoms with Gasteiger partial charge in [-0.25, -0.2) is 8.42 Å². The van der Waals surface area contributed by atoms with Gasteiger partial charge in [-0.05, 0) is 6.07 Å². The second kappa shape index (κ2) is 4.84. The fourth-order valence-corrected chi connectivity index (χ4v) is 2.83. The first-order chi connectivity index (χ1) is 8.09. The summed E-state index contributed by atoms with van der Waals surface area (Å²) in [4.78, 5) is 12.3. The standard InChI is InChI=1S/C9H13N3O4S/c13-9-2-1-3-10-12(9)11-6-8-7-16-4-5-17(8,14)15/h1-3,8,11H,4-7H2. The van der Waals surface area contributed by atoms with E-state index < -0.39 is 15.1 Å². The number of aromatic nitrogens is 2. The van der Waals surface area contributed by atoms with Crippen LogP contribution >= 0.6 is 0 Å². The summed E-state index contributed by atoms with van der Waals surface area (Å²) < 4.78 is 28.4. The van der Waals surface area contributed by atoms with Gasteiger partial charge in [-0.2, -0.15) is 5.10 Å². The molecule has 94 valence electrons. The first kappa shape index (κ1) is 12.1. The minimum atomic E-state index is -3.14. The van der Waals surface area contributed by atoms with Crippen molar-refractivity contribution in [2.45, 2.75) is 5.25 Å².